The molecule has 0 fully saturated rings. The van der Waals surface area contributed by atoms with Gasteiger partial charge in [0.25, 0.3) is 0 Å². The van der Waals surface area contributed by atoms with Gasteiger partial charge < -0.3 is 10.4 Å². The quantitative estimate of drug-likeness (QED) is 0.851. The van der Waals surface area contributed by atoms with Crippen LogP contribution < -0.4 is 5.32 Å². The van der Waals surface area contributed by atoms with Gasteiger partial charge in [-0.05, 0) is 24.4 Å². The number of aliphatic carboxylic acids is 1. The van der Waals surface area contributed by atoms with Crippen LogP contribution in [-0.4, -0.2) is 11.1 Å². The molecular formula is C15H15F2NO2S. The van der Waals surface area contributed by atoms with Gasteiger partial charge in [0.15, 0.2) is 0 Å². The fraction of sp³-hybridized carbons (Fsp3) is 0.267. The molecule has 0 radical (unpaired) electrons. The zero-order valence-corrected chi connectivity index (χ0v) is 12.2. The molecule has 1 heterocycles. The molecular weight excluding hydrogens is 296 g/mol. The van der Waals surface area contributed by atoms with Crippen LogP contribution in [0.5, 0.6) is 0 Å². The third kappa shape index (κ3) is 4.09. The Hall–Kier alpha value is -1.79. The number of thiophene rings is 1. The minimum Gasteiger partial charge on any atom is -0.481 e. The molecule has 2 N–H and O–H groups in total. The van der Waals surface area contributed by atoms with E-state index >= 15 is 0 Å². The highest BCUT2D eigenvalue weighted by molar-refractivity contribution is 7.10. The van der Waals surface area contributed by atoms with Gasteiger partial charge in [0.1, 0.15) is 11.6 Å². The summed E-state index contributed by atoms with van der Waals surface area (Å²) in [5.74, 6) is -2.22. The number of nitrogens with one attached hydrogen (secondary N) is 1. The average Bonchev–Trinajstić information content (AvgIpc) is 2.90. The predicted octanol–water partition coefficient (Wildman–Crippen LogP) is 3.89. The summed E-state index contributed by atoms with van der Waals surface area (Å²) < 4.78 is 26.7. The van der Waals surface area contributed by atoms with Crippen molar-refractivity contribution in [1.82, 2.24) is 5.32 Å². The number of carboxylic acid groups (broad SMARTS) is 1. The van der Waals surface area contributed by atoms with E-state index < -0.39 is 29.7 Å². The van der Waals surface area contributed by atoms with Crippen molar-refractivity contribution in [2.75, 3.05) is 0 Å². The van der Waals surface area contributed by atoms with Gasteiger partial charge in [-0.15, -0.1) is 11.3 Å². The molecule has 0 aliphatic heterocycles. The molecule has 0 aliphatic carbocycles. The van der Waals surface area contributed by atoms with Crippen LogP contribution in [0.1, 0.15) is 35.9 Å². The van der Waals surface area contributed by atoms with Crippen molar-refractivity contribution in [3.8, 4) is 0 Å². The first kappa shape index (κ1) is 15.6. The summed E-state index contributed by atoms with van der Waals surface area (Å²) in [5.41, 5.74) is 0.309. The van der Waals surface area contributed by atoms with Crippen molar-refractivity contribution >= 4 is 17.3 Å². The molecule has 0 bridgehead atoms. The van der Waals surface area contributed by atoms with E-state index in [9.17, 15) is 13.6 Å². The second-order valence-electron chi connectivity index (χ2n) is 4.72. The monoisotopic (exact) mass is 311 g/mol. The Balaban J connectivity index is 2.17. The van der Waals surface area contributed by atoms with E-state index in [1.165, 1.54) is 23.5 Å². The maximum absolute atomic E-state index is 13.8. The second kappa shape index (κ2) is 6.78. The largest absolute Gasteiger partial charge is 0.481 e. The lowest BCUT2D eigenvalue weighted by Gasteiger charge is -2.22. The van der Waals surface area contributed by atoms with Gasteiger partial charge in [0.05, 0.1) is 12.5 Å². The summed E-state index contributed by atoms with van der Waals surface area (Å²) in [6.45, 7) is 1.72. The molecule has 2 atom stereocenters. The number of halogens is 2. The smallest absolute Gasteiger partial charge is 0.305 e. The standard InChI is InChI=1S/C15H15F2NO2S/c1-9(11-5-4-10(16)7-12(11)17)18-13(8-15(19)20)14-3-2-6-21-14/h2-7,9,13,18H,8H2,1H3,(H,19,20). The molecule has 0 spiro atoms. The minimum atomic E-state index is -0.937. The van der Waals surface area contributed by atoms with Crippen LogP contribution in [0.2, 0.25) is 0 Å². The molecule has 0 aliphatic rings. The van der Waals surface area contributed by atoms with Crippen molar-refractivity contribution in [3.63, 3.8) is 0 Å². The Labute approximate surface area is 125 Å². The van der Waals surface area contributed by atoms with Gasteiger partial charge in [-0.3, -0.25) is 4.79 Å². The Bertz CT molecular complexity index is 616. The number of hydrogen-bond acceptors (Lipinski definition) is 3. The number of carboxylic acids is 1. The van der Waals surface area contributed by atoms with E-state index in [0.717, 1.165) is 10.9 Å². The average molecular weight is 311 g/mol. The van der Waals surface area contributed by atoms with Gasteiger partial charge in [-0.25, -0.2) is 8.78 Å². The summed E-state index contributed by atoms with van der Waals surface area (Å²) >= 11 is 1.44. The first-order chi connectivity index (χ1) is 9.97. The van der Waals surface area contributed by atoms with Crippen LogP contribution >= 0.6 is 11.3 Å². The lowest BCUT2D eigenvalue weighted by atomic mass is 10.0. The van der Waals surface area contributed by atoms with Gasteiger partial charge in [-0.2, -0.15) is 0 Å². The van der Waals surface area contributed by atoms with Crippen molar-refractivity contribution in [2.24, 2.45) is 0 Å². The van der Waals surface area contributed by atoms with E-state index in [1.807, 2.05) is 17.5 Å². The van der Waals surface area contributed by atoms with Crippen LogP contribution in [-0.2, 0) is 4.79 Å². The highest BCUT2D eigenvalue weighted by Crippen LogP contribution is 2.27. The number of carbonyl (C=O) groups is 1. The van der Waals surface area contributed by atoms with Crippen LogP contribution in [0, 0.1) is 11.6 Å². The third-order valence-corrected chi connectivity index (χ3v) is 4.13. The molecule has 112 valence electrons. The summed E-state index contributed by atoms with van der Waals surface area (Å²) in [4.78, 5) is 11.8. The van der Waals surface area contributed by atoms with Crippen LogP contribution in [0.15, 0.2) is 35.7 Å². The van der Waals surface area contributed by atoms with Crippen LogP contribution in [0.4, 0.5) is 8.78 Å². The van der Waals surface area contributed by atoms with E-state index in [1.54, 1.807) is 6.92 Å². The fourth-order valence-corrected chi connectivity index (χ4v) is 2.94. The van der Waals surface area contributed by atoms with E-state index in [0.29, 0.717) is 5.56 Å². The van der Waals surface area contributed by atoms with Crippen molar-refractivity contribution < 1.29 is 18.7 Å². The number of hydrogen-bond donors (Lipinski definition) is 2. The first-order valence-electron chi connectivity index (χ1n) is 6.43. The predicted molar refractivity (Wildman–Crippen MR) is 77.2 cm³/mol. The topological polar surface area (TPSA) is 49.3 Å². The molecule has 2 aromatic rings. The number of benzene rings is 1. The van der Waals surface area contributed by atoms with Gasteiger partial charge in [-0.1, -0.05) is 12.1 Å². The lowest BCUT2D eigenvalue weighted by molar-refractivity contribution is -0.137. The van der Waals surface area contributed by atoms with Gasteiger partial charge in [0, 0.05) is 22.5 Å². The van der Waals surface area contributed by atoms with Crippen LogP contribution in [0.25, 0.3) is 0 Å². The highest BCUT2D eigenvalue weighted by Gasteiger charge is 2.21. The molecule has 0 amide bonds. The van der Waals surface area contributed by atoms with E-state index in [-0.39, 0.29) is 6.42 Å². The molecule has 0 saturated heterocycles. The van der Waals surface area contributed by atoms with E-state index in [2.05, 4.69) is 5.32 Å². The molecule has 0 saturated carbocycles. The third-order valence-electron chi connectivity index (χ3n) is 3.15. The maximum atomic E-state index is 13.8. The summed E-state index contributed by atoms with van der Waals surface area (Å²) in [5, 5.41) is 13.9. The molecule has 6 heteroatoms. The maximum Gasteiger partial charge on any atom is 0.305 e. The van der Waals surface area contributed by atoms with Crippen molar-refractivity contribution in [1.29, 1.82) is 0 Å². The summed E-state index contributed by atoms with van der Waals surface area (Å²) in [6, 6.07) is 6.20. The van der Waals surface area contributed by atoms with Gasteiger partial charge >= 0.3 is 5.97 Å². The first-order valence-corrected chi connectivity index (χ1v) is 7.31. The molecule has 2 rings (SSSR count). The highest BCUT2D eigenvalue weighted by atomic mass is 32.1. The lowest BCUT2D eigenvalue weighted by Crippen LogP contribution is -2.26. The summed E-state index contributed by atoms with van der Waals surface area (Å²) in [6.07, 6.45) is -0.104. The van der Waals surface area contributed by atoms with Crippen LogP contribution in [0.3, 0.4) is 0 Å². The normalized spacial score (nSPS) is 13.9. The Morgan fingerprint density at radius 3 is 2.71 bits per heavy atom. The Kier molecular flexibility index (Phi) is 5.03. The van der Waals surface area contributed by atoms with E-state index in [4.69, 9.17) is 5.11 Å². The zero-order valence-electron chi connectivity index (χ0n) is 11.3. The van der Waals surface area contributed by atoms with Crippen molar-refractivity contribution in [3.05, 3.63) is 57.8 Å². The van der Waals surface area contributed by atoms with Crippen molar-refractivity contribution in [2.45, 2.75) is 25.4 Å². The molecule has 21 heavy (non-hydrogen) atoms. The molecule has 1 aromatic heterocycles. The Morgan fingerprint density at radius 1 is 1.38 bits per heavy atom. The zero-order chi connectivity index (χ0) is 15.4. The fourth-order valence-electron chi connectivity index (χ4n) is 2.15. The van der Waals surface area contributed by atoms with Gasteiger partial charge in [0.2, 0.25) is 0 Å². The molecule has 3 nitrogen and oxygen atoms in total. The second-order valence-corrected chi connectivity index (χ2v) is 5.70. The Morgan fingerprint density at radius 2 is 2.14 bits per heavy atom. The number of rotatable bonds is 6. The SMILES string of the molecule is CC(NC(CC(=O)O)c1cccs1)c1ccc(F)cc1F. The summed E-state index contributed by atoms with van der Waals surface area (Å²) in [7, 11) is 0. The molecule has 2 unspecified atom stereocenters. The minimum absolute atomic E-state index is 0.104. The molecule has 1 aromatic carbocycles.